The lowest BCUT2D eigenvalue weighted by atomic mass is 10.2. The summed E-state index contributed by atoms with van der Waals surface area (Å²) >= 11 is 0.963. The molecule has 2 aromatic heterocycles. The van der Waals surface area contributed by atoms with Gasteiger partial charge in [0.25, 0.3) is 5.91 Å². The molecule has 4 aromatic rings. The minimum absolute atomic E-state index is 0.00144. The van der Waals surface area contributed by atoms with Gasteiger partial charge in [-0.3, -0.25) is 14.7 Å². The highest BCUT2D eigenvalue weighted by molar-refractivity contribution is 7.89. The van der Waals surface area contributed by atoms with Crippen molar-refractivity contribution in [2.45, 2.75) is 11.4 Å². The molecule has 37 heavy (non-hydrogen) atoms. The highest BCUT2D eigenvalue weighted by Crippen LogP contribution is 2.33. The van der Waals surface area contributed by atoms with Gasteiger partial charge in [-0.05, 0) is 42.5 Å². The van der Waals surface area contributed by atoms with Crippen molar-refractivity contribution in [3.63, 3.8) is 0 Å². The zero-order chi connectivity index (χ0) is 26.6. The normalized spacial score (nSPS) is 11.5. The molecular formula is C26H22F2N4O3S2. The summed E-state index contributed by atoms with van der Waals surface area (Å²) in [6.07, 6.45) is 4.52. The molecule has 7 nitrogen and oxygen atoms in total. The van der Waals surface area contributed by atoms with Crippen molar-refractivity contribution in [1.82, 2.24) is 14.3 Å². The predicted octanol–water partition coefficient (Wildman–Crippen LogP) is 5.18. The number of aromatic nitrogens is 2. The van der Waals surface area contributed by atoms with Crippen LogP contribution in [0.2, 0.25) is 0 Å². The van der Waals surface area contributed by atoms with Crippen molar-refractivity contribution in [2.75, 3.05) is 18.0 Å². The van der Waals surface area contributed by atoms with Crippen molar-refractivity contribution in [1.29, 1.82) is 0 Å². The van der Waals surface area contributed by atoms with Crippen molar-refractivity contribution in [2.24, 2.45) is 0 Å². The maximum atomic E-state index is 14.3. The Kier molecular flexibility index (Phi) is 7.86. The van der Waals surface area contributed by atoms with E-state index in [2.05, 4.69) is 23.1 Å². The number of halogens is 2. The summed E-state index contributed by atoms with van der Waals surface area (Å²) in [7, 11) is -3.85. The molecule has 190 valence electrons. The van der Waals surface area contributed by atoms with Crippen LogP contribution in [0.5, 0.6) is 0 Å². The number of sulfonamides is 1. The van der Waals surface area contributed by atoms with Gasteiger partial charge in [-0.25, -0.2) is 22.2 Å². The van der Waals surface area contributed by atoms with Crippen LogP contribution >= 0.6 is 11.3 Å². The lowest BCUT2D eigenvalue weighted by Crippen LogP contribution is -2.32. The molecule has 0 spiro atoms. The van der Waals surface area contributed by atoms with Gasteiger partial charge < -0.3 is 0 Å². The van der Waals surface area contributed by atoms with E-state index in [1.807, 2.05) is 0 Å². The third kappa shape index (κ3) is 5.63. The molecule has 1 amide bonds. The first-order valence-electron chi connectivity index (χ1n) is 11.0. The number of carbonyl (C=O) groups is 1. The molecule has 2 aromatic carbocycles. The first-order valence-corrected chi connectivity index (χ1v) is 13.3. The Morgan fingerprint density at radius 1 is 1.03 bits per heavy atom. The monoisotopic (exact) mass is 540 g/mol. The smallest absolute Gasteiger partial charge is 0.260 e. The molecule has 4 rings (SSSR count). The Balaban J connectivity index is 1.71. The van der Waals surface area contributed by atoms with E-state index >= 15 is 0 Å². The van der Waals surface area contributed by atoms with Crippen molar-refractivity contribution in [3.05, 3.63) is 109 Å². The molecular weight excluding hydrogens is 518 g/mol. The van der Waals surface area contributed by atoms with E-state index in [1.54, 1.807) is 24.4 Å². The number of pyridine rings is 1. The van der Waals surface area contributed by atoms with E-state index in [0.717, 1.165) is 23.5 Å². The Morgan fingerprint density at radius 2 is 1.73 bits per heavy atom. The fraction of sp³-hybridized carbons (Fsp3) is 0.115. The van der Waals surface area contributed by atoms with Crippen LogP contribution in [0.4, 0.5) is 13.9 Å². The van der Waals surface area contributed by atoms with E-state index < -0.39 is 27.6 Å². The highest BCUT2D eigenvalue weighted by Gasteiger charge is 2.26. The molecule has 11 heteroatoms. The second kappa shape index (κ2) is 11.1. The summed E-state index contributed by atoms with van der Waals surface area (Å²) in [5.41, 5.74) is 0.677. The second-order valence-electron chi connectivity index (χ2n) is 7.87. The maximum Gasteiger partial charge on any atom is 0.260 e. The number of rotatable bonds is 10. The average Bonchev–Trinajstić information content (AvgIpc) is 3.31. The van der Waals surface area contributed by atoms with Crippen LogP contribution in [0.1, 0.15) is 16.1 Å². The zero-order valence-electron chi connectivity index (χ0n) is 19.5. The second-order valence-corrected chi connectivity index (χ2v) is 10.8. The lowest BCUT2D eigenvalue weighted by Gasteiger charge is -2.21. The Morgan fingerprint density at radius 3 is 2.35 bits per heavy atom. The molecule has 0 radical (unpaired) electrons. The van der Waals surface area contributed by atoms with Gasteiger partial charge in [0.15, 0.2) is 10.9 Å². The summed E-state index contributed by atoms with van der Waals surface area (Å²) in [4.78, 5) is 23.4. The van der Waals surface area contributed by atoms with Crippen LogP contribution in [0.25, 0.3) is 10.2 Å². The van der Waals surface area contributed by atoms with Crippen LogP contribution in [0, 0.1) is 11.6 Å². The summed E-state index contributed by atoms with van der Waals surface area (Å²) < 4.78 is 55.5. The number of carbonyl (C=O) groups excluding carboxylic acids is 1. The van der Waals surface area contributed by atoms with E-state index in [9.17, 15) is 22.0 Å². The Bertz CT molecular complexity index is 1550. The fourth-order valence-corrected chi connectivity index (χ4v) is 5.96. The van der Waals surface area contributed by atoms with Gasteiger partial charge in [0.05, 0.1) is 21.8 Å². The lowest BCUT2D eigenvalue weighted by molar-refractivity contribution is 0.0984. The minimum atomic E-state index is -3.85. The molecule has 0 aliphatic carbocycles. The number of fused-ring (bicyclic) bond motifs is 1. The van der Waals surface area contributed by atoms with E-state index in [-0.39, 0.29) is 45.4 Å². The third-order valence-electron chi connectivity index (χ3n) is 5.33. The highest BCUT2D eigenvalue weighted by atomic mass is 32.2. The van der Waals surface area contributed by atoms with E-state index in [1.165, 1.54) is 45.6 Å². The number of amides is 1. The Labute approximate surface area is 217 Å². The van der Waals surface area contributed by atoms with Crippen LogP contribution in [0.15, 0.2) is 91.0 Å². The number of thiazole rings is 1. The fourth-order valence-electron chi connectivity index (χ4n) is 3.57. The topological polar surface area (TPSA) is 83.5 Å². The van der Waals surface area contributed by atoms with E-state index in [4.69, 9.17) is 0 Å². The van der Waals surface area contributed by atoms with Gasteiger partial charge in [-0.2, -0.15) is 4.31 Å². The predicted molar refractivity (Wildman–Crippen MR) is 140 cm³/mol. The van der Waals surface area contributed by atoms with Gasteiger partial charge in [-0.15, -0.1) is 13.2 Å². The average molecular weight is 541 g/mol. The molecule has 0 aliphatic rings. The molecule has 0 saturated carbocycles. The third-order valence-corrected chi connectivity index (χ3v) is 8.20. The summed E-state index contributed by atoms with van der Waals surface area (Å²) in [5, 5.41) is 0.148. The van der Waals surface area contributed by atoms with Gasteiger partial charge in [0, 0.05) is 30.9 Å². The first kappa shape index (κ1) is 26.3. The molecule has 0 fully saturated rings. The minimum Gasteiger partial charge on any atom is -0.278 e. The van der Waals surface area contributed by atoms with Crippen LogP contribution < -0.4 is 4.90 Å². The molecule has 0 atom stereocenters. The van der Waals surface area contributed by atoms with Gasteiger partial charge in [-0.1, -0.05) is 29.6 Å². The summed E-state index contributed by atoms with van der Waals surface area (Å²) in [5.74, 6) is -2.09. The zero-order valence-corrected chi connectivity index (χ0v) is 21.2. The maximum absolute atomic E-state index is 14.3. The number of benzene rings is 2. The van der Waals surface area contributed by atoms with Crippen LogP contribution in [-0.2, 0) is 16.6 Å². The number of nitrogens with zero attached hydrogens (tertiary/aromatic N) is 4. The van der Waals surface area contributed by atoms with Gasteiger partial charge >= 0.3 is 0 Å². The molecule has 0 unspecified atom stereocenters. The molecule has 0 saturated heterocycles. The standard InChI is InChI=1S/C26H22F2N4O3S2/c1-3-13-31(14-4-2)37(34,35)21-10-8-18(9-11-21)25(33)32(17-20-7-5-6-12-29-20)26-30-24-22(28)15-19(27)16-23(24)36-26/h3-12,15-16H,1-2,13-14,17H2. The van der Waals surface area contributed by atoms with Crippen molar-refractivity contribution < 1.29 is 22.0 Å². The number of hydrogen-bond donors (Lipinski definition) is 0. The van der Waals surface area contributed by atoms with Crippen molar-refractivity contribution >= 4 is 42.6 Å². The molecule has 0 N–H and O–H groups in total. The largest absolute Gasteiger partial charge is 0.278 e. The Hall–Kier alpha value is -3.80. The first-order chi connectivity index (χ1) is 17.7. The molecule has 0 bridgehead atoms. The SMILES string of the molecule is C=CCN(CC=C)S(=O)(=O)c1ccc(C(=O)N(Cc2ccccn2)c2nc3c(F)cc(F)cc3s2)cc1. The molecule has 0 aliphatic heterocycles. The van der Waals surface area contributed by atoms with E-state index in [0.29, 0.717) is 5.69 Å². The quantitative estimate of drug-likeness (QED) is 0.259. The summed E-state index contributed by atoms with van der Waals surface area (Å²) in [6.45, 7) is 7.39. The van der Waals surface area contributed by atoms with Crippen molar-refractivity contribution in [3.8, 4) is 0 Å². The molecule has 2 heterocycles. The van der Waals surface area contributed by atoms with Crippen LogP contribution in [0.3, 0.4) is 0 Å². The number of anilines is 1. The van der Waals surface area contributed by atoms with Gasteiger partial charge in [0.1, 0.15) is 11.3 Å². The summed E-state index contributed by atoms with van der Waals surface area (Å²) in [6, 6.07) is 12.6. The van der Waals surface area contributed by atoms with Crippen LogP contribution in [-0.4, -0.2) is 41.7 Å². The van der Waals surface area contributed by atoms with Gasteiger partial charge in [0.2, 0.25) is 10.0 Å². The number of hydrogen-bond acceptors (Lipinski definition) is 6.